The summed E-state index contributed by atoms with van der Waals surface area (Å²) in [5, 5.41) is 0. The van der Waals surface area contributed by atoms with E-state index in [1.807, 2.05) is 22.6 Å². The van der Waals surface area contributed by atoms with Gasteiger partial charge < -0.3 is 0 Å². The van der Waals surface area contributed by atoms with Gasteiger partial charge in [0.1, 0.15) is 0 Å². The van der Waals surface area contributed by atoms with Crippen molar-refractivity contribution < 1.29 is 27.8 Å². The standard InChI is InChI=1S/C29H22F2I2N2O5/c1-16-4-7-18(30)12-23(16)40-24-14-25(36)34(2)28-26(24)27(37)33(15-17-5-9-20(39-3)10-6-17)29(38)35(28)22-11-8-19(32)13-21(22)31/h4-14H,15H2,1-3H3. The number of benzene rings is 3. The topological polar surface area (TPSA) is 77.8 Å². The van der Waals surface area contributed by atoms with Gasteiger partial charge in [-0.25, -0.2) is 0 Å². The van der Waals surface area contributed by atoms with Crippen LogP contribution in [0.4, 0.5) is 25.1 Å². The first-order valence-electron chi connectivity index (χ1n) is 11.9. The van der Waals surface area contributed by atoms with Crippen LogP contribution in [0.1, 0.15) is 21.5 Å². The van der Waals surface area contributed by atoms with Crippen molar-refractivity contribution in [3.8, 4) is 17.2 Å². The number of methoxy groups -OCH3 is 1. The van der Waals surface area contributed by atoms with Crippen LogP contribution in [0.25, 0.3) is 0 Å². The minimum atomic E-state index is -3.32. The Morgan fingerprint density at radius 1 is 0.925 bits per heavy atom. The zero-order valence-electron chi connectivity index (χ0n) is 21.5. The van der Waals surface area contributed by atoms with Crippen molar-refractivity contribution in [3.05, 3.63) is 109 Å². The average molecular weight is 770 g/mol. The first kappa shape index (κ1) is 28.2. The molecule has 0 atom stereocenters. The Morgan fingerprint density at radius 2 is 1.65 bits per heavy atom. The first-order chi connectivity index (χ1) is 19.1. The summed E-state index contributed by atoms with van der Waals surface area (Å²) in [6, 6.07) is 16.5. The van der Waals surface area contributed by atoms with Gasteiger partial charge in [-0.2, -0.15) is 0 Å². The summed E-state index contributed by atoms with van der Waals surface area (Å²) in [5.41, 5.74) is 0.640. The number of pyridine rings is 1. The molecule has 0 saturated carbocycles. The van der Waals surface area contributed by atoms with Gasteiger partial charge in [-0.05, 0) is 0 Å². The molecule has 0 bridgehead atoms. The Kier molecular flexibility index (Phi) is 7.95. The SMILES string of the molecule is COc1ccc(CI2C(=O)c3c(Oc4cc(F)ccc4C)cc(=O)n(C)c3N(c3ccc(I)cc3F)C2=O)cc1. The number of aryl methyl sites for hydroxylation is 1. The van der Waals surface area contributed by atoms with Crippen molar-refractivity contribution >= 4 is 61.6 Å². The van der Waals surface area contributed by atoms with Gasteiger partial charge in [0.25, 0.3) is 0 Å². The molecule has 5 rings (SSSR count). The summed E-state index contributed by atoms with van der Waals surface area (Å²) < 4.78 is 41.6. The van der Waals surface area contributed by atoms with Gasteiger partial charge in [-0.3, -0.25) is 0 Å². The molecule has 11 heteroatoms. The third-order valence-electron chi connectivity index (χ3n) is 6.33. The van der Waals surface area contributed by atoms with Gasteiger partial charge in [-0.15, -0.1) is 0 Å². The molecule has 4 aromatic rings. The van der Waals surface area contributed by atoms with E-state index in [1.165, 1.54) is 38.4 Å². The van der Waals surface area contributed by atoms with E-state index < -0.39 is 44.7 Å². The van der Waals surface area contributed by atoms with E-state index in [2.05, 4.69) is 0 Å². The molecule has 1 amide bonds. The van der Waals surface area contributed by atoms with Crippen LogP contribution < -0.4 is 19.9 Å². The molecule has 0 fully saturated rings. The number of carbonyl (C=O) groups is 2. The summed E-state index contributed by atoms with van der Waals surface area (Å²) in [6.07, 6.45) is 0. The summed E-state index contributed by atoms with van der Waals surface area (Å²) in [7, 11) is 2.94. The normalized spacial score (nSPS) is 13.8. The maximum atomic E-state index is 15.4. The van der Waals surface area contributed by atoms with Crippen LogP contribution in [0.5, 0.6) is 17.2 Å². The molecular weight excluding hydrogens is 748 g/mol. The fourth-order valence-electron chi connectivity index (χ4n) is 4.22. The molecular formula is C29H22F2I2N2O5. The molecule has 1 aromatic heterocycles. The van der Waals surface area contributed by atoms with Crippen molar-refractivity contribution in [1.29, 1.82) is 0 Å². The van der Waals surface area contributed by atoms with Crippen molar-refractivity contribution in [2.45, 2.75) is 11.4 Å². The number of fused-ring (bicyclic) bond motifs is 1. The molecule has 40 heavy (non-hydrogen) atoms. The number of amides is 1. The summed E-state index contributed by atoms with van der Waals surface area (Å²) in [6.45, 7) is 1.70. The van der Waals surface area contributed by atoms with Crippen LogP contribution in [0.3, 0.4) is 0 Å². The number of hydrogen-bond acceptors (Lipinski definition) is 5. The van der Waals surface area contributed by atoms with Crippen LogP contribution >= 0.6 is 42.4 Å². The molecule has 0 aliphatic carbocycles. The third-order valence-corrected chi connectivity index (χ3v) is 12.0. The van der Waals surface area contributed by atoms with Gasteiger partial charge in [0.15, 0.2) is 0 Å². The second kappa shape index (κ2) is 11.3. The average Bonchev–Trinajstić information content (AvgIpc) is 2.92. The molecule has 0 unspecified atom stereocenters. The number of aromatic nitrogens is 1. The van der Waals surface area contributed by atoms with E-state index >= 15 is 4.39 Å². The number of rotatable bonds is 6. The molecule has 1 aliphatic rings. The molecule has 0 spiro atoms. The monoisotopic (exact) mass is 770 g/mol. The first-order valence-corrected chi connectivity index (χ1v) is 16.7. The van der Waals surface area contributed by atoms with Crippen LogP contribution in [-0.2, 0) is 11.5 Å². The predicted octanol–water partition coefficient (Wildman–Crippen LogP) is 7.50. The predicted molar refractivity (Wildman–Crippen MR) is 165 cm³/mol. The van der Waals surface area contributed by atoms with E-state index in [-0.39, 0.29) is 33.0 Å². The number of alkyl halides is 1. The van der Waals surface area contributed by atoms with E-state index in [0.29, 0.717) is 14.9 Å². The minimum absolute atomic E-state index is 0.0120. The Hall–Kier alpha value is -3.33. The molecule has 3 aromatic carbocycles. The van der Waals surface area contributed by atoms with E-state index in [0.717, 1.165) is 27.2 Å². The van der Waals surface area contributed by atoms with E-state index in [4.69, 9.17) is 9.47 Å². The van der Waals surface area contributed by atoms with Crippen molar-refractivity contribution in [3.63, 3.8) is 0 Å². The summed E-state index contributed by atoms with van der Waals surface area (Å²) in [5.74, 6) is -0.705. The van der Waals surface area contributed by atoms with Gasteiger partial charge in [0.2, 0.25) is 0 Å². The Bertz CT molecular complexity index is 1720. The van der Waals surface area contributed by atoms with Crippen LogP contribution in [0, 0.1) is 22.1 Å². The molecule has 206 valence electrons. The fraction of sp³-hybridized carbons (Fsp3) is 0.138. The number of ether oxygens (including phenoxy) is 2. The van der Waals surface area contributed by atoms with Gasteiger partial charge >= 0.3 is 251 Å². The van der Waals surface area contributed by atoms with Crippen molar-refractivity contribution in [2.24, 2.45) is 7.05 Å². The summed E-state index contributed by atoms with van der Waals surface area (Å²) in [4.78, 5) is 42.4. The molecule has 1 aliphatic heterocycles. The Labute approximate surface area is 249 Å². The second-order valence-corrected chi connectivity index (χ2v) is 14.9. The maximum absolute atomic E-state index is 15.4. The number of halogens is 4. The van der Waals surface area contributed by atoms with Crippen molar-refractivity contribution in [1.82, 2.24) is 4.57 Å². The summed E-state index contributed by atoms with van der Waals surface area (Å²) >= 11 is -1.36. The number of carbonyl (C=O) groups excluding carboxylic acids is 2. The van der Waals surface area contributed by atoms with Crippen LogP contribution in [0.15, 0.2) is 71.5 Å². The van der Waals surface area contributed by atoms with Crippen LogP contribution in [-0.4, -0.2) is 19.4 Å². The fourth-order valence-corrected chi connectivity index (χ4v) is 9.39. The Balaban J connectivity index is 1.73. The molecule has 0 radical (unpaired) electrons. The number of hydrogen-bond donors (Lipinski definition) is 0. The van der Waals surface area contributed by atoms with Crippen molar-refractivity contribution in [2.75, 3.05) is 12.0 Å². The molecule has 0 saturated heterocycles. The number of nitrogens with zero attached hydrogens (tertiary/aromatic N) is 2. The zero-order valence-corrected chi connectivity index (χ0v) is 25.8. The number of anilines is 2. The Morgan fingerprint density at radius 3 is 2.33 bits per heavy atom. The molecule has 7 nitrogen and oxygen atoms in total. The van der Waals surface area contributed by atoms with Gasteiger partial charge in [0.05, 0.1) is 0 Å². The van der Waals surface area contributed by atoms with Crippen LogP contribution in [0.2, 0.25) is 0 Å². The van der Waals surface area contributed by atoms with Gasteiger partial charge in [0, 0.05) is 0 Å². The van der Waals surface area contributed by atoms with Gasteiger partial charge in [-0.1, -0.05) is 0 Å². The van der Waals surface area contributed by atoms with E-state index in [1.54, 1.807) is 37.3 Å². The molecule has 2 heterocycles. The van der Waals surface area contributed by atoms with E-state index in [9.17, 15) is 18.8 Å². The second-order valence-electron chi connectivity index (χ2n) is 8.92. The zero-order chi connectivity index (χ0) is 28.7. The molecule has 0 N–H and O–H groups in total. The quantitative estimate of drug-likeness (QED) is 0.0880. The third kappa shape index (κ3) is 5.23.